The Kier molecular flexibility index (Phi) is 45.9. The first kappa shape index (κ1) is 66.1. The number of allylic oxidation sites excluding steroid dienone is 10. The van der Waals surface area contributed by atoms with Gasteiger partial charge in [-0.05, 0) is 96.3 Å². The summed E-state index contributed by atoms with van der Waals surface area (Å²) in [5.74, 6) is -0.266. The Bertz CT molecular complexity index is 1410. The van der Waals surface area contributed by atoms with E-state index in [2.05, 4.69) is 79.9 Å². The van der Waals surface area contributed by atoms with Crippen molar-refractivity contribution in [1.29, 1.82) is 0 Å². The summed E-state index contributed by atoms with van der Waals surface area (Å²) >= 11 is 0. The van der Waals surface area contributed by atoms with Gasteiger partial charge in [0.15, 0.2) is 6.29 Å². The zero-order valence-electron chi connectivity index (χ0n) is 44.9. The third-order valence-electron chi connectivity index (χ3n) is 13.0. The highest BCUT2D eigenvalue weighted by Crippen LogP contribution is 2.23. The van der Waals surface area contributed by atoms with Crippen LogP contribution >= 0.6 is 0 Å². The molecule has 0 aromatic heterocycles. The number of unbranched alkanes of at least 4 members (excludes halogenated alkanes) is 24. The number of nitrogens with one attached hydrogen (secondary N) is 1. The second-order valence-electron chi connectivity index (χ2n) is 19.6. The van der Waals surface area contributed by atoms with Gasteiger partial charge < -0.3 is 45.1 Å². The minimum absolute atomic E-state index is 0.0607. The predicted molar refractivity (Wildman–Crippen MR) is 292 cm³/mol. The van der Waals surface area contributed by atoms with Crippen molar-refractivity contribution in [3.8, 4) is 0 Å². The number of rotatable bonds is 48. The van der Waals surface area contributed by atoms with Gasteiger partial charge in [0, 0.05) is 12.8 Å². The van der Waals surface area contributed by atoms with Gasteiger partial charge in [-0.2, -0.15) is 0 Å². The second-order valence-corrected chi connectivity index (χ2v) is 19.6. The van der Waals surface area contributed by atoms with Crippen LogP contribution in [0.2, 0.25) is 0 Å². The highest BCUT2D eigenvalue weighted by molar-refractivity contribution is 5.76. The summed E-state index contributed by atoms with van der Waals surface area (Å²) in [6.07, 6.45) is 54.5. The number of hydrogen-bond donors (Lipinski definition) is 6. The van der Waals surface area contributed by atoms with Crippen LogP contribution in [-0.4, -0.2) is 100 Å². The molecule has 0 aromatic rings. The van der Waals surface area contributed by atoms with E-state index in [9.17, 15) is 35.1 Å². The van der Waals surface area contributed by atoms with E-state index in [1.807, 2.05) is 6.08 Å². The molecule has 7 unspecified atom stereocenters. The largest absolute Gasteiger partial charge is 0.465 e. The molecular formula is C60H105NO10. The third kappa shape index (κ3) is 39.3. The molecule has 7 atom stereocenters. The highest BCUT2D eigenvalue weighted by Gasteiger charge is 2.44. The maximum absolute atomic E-state index is 13.0. The van der Waals surface area contributed by atoms with E-state index < -0.39 is 49.5 Å². The summed E-state index contributed by atoms with van der Waals surface area (Å²) < 4.78 is 16.6. The molecule has 410 valence electrons. The number of amides is 1. The van der Waals surface area contributed by atoms with E-state index in [1.54, 1.807) is 6.08 Å². The van der Waals surface area contributed by atoms with Gasteiger partial charge in [-0.25, -0.2) is 0 Å². The van der Waals surface area contributed by atoms with E-state index in [0.717, 1.165) is 89.9 Å². The summed E-state index contributed by atoms with van der Waals surface area (Å²) in [6, 6.07) is -0.839. The minimum Gasteiger partial charge on any atom is -0.465 e. The lowest BCUT2D eigenvalue weighted by Gasteiger charge is -2.40. The van der Waals surface area contributed by atoms with Crippen molar-refractivity contribution >= 4 is 11.9 Å². The fourth-order valence-corrected chi connectivity index (χ4v) is 8.48. The molecule has 0 aliphatic carbocycles. The maximum atomic E-state index is 13.0. The van der Waals surface area contributed by atoms with Crippen molar-refractivity contribution in [3.05, 3.63) is 72.9 Å². The van der Waals surface area contributed by atoms with Gasteiger partial charge in [-0.15, -0.1) is 0 Å². The van der Waals surface area contributed by atoms with Crippen molar-refractivity contribution in [2.24, 2.45) is 0 Å². The Morgan fingerprint density at radius 3 is 1.55 bits per heavy atom. The molecule has 71 heavy (non-hydrogen) atoms. The number of hydrogen-bond acceptors (Lipinski definition) is 10. The van der Waals surface area contributed by atoms with Crippen LogP contribution in [0.3, 0.4) is 0 Å². The number of aliphatic hydroxyl groups excluding tert-OH is 5. The topological polar surface area (TPSA) is 175 Å². The molecule has 1 fully saturated rings. The molecule has 1 amide bonds. The smallest absolute Gasteiger partial charge is 0.305 e. The van der Waals surface area contributed by atoms with Gasteiger partial charge >= 0.3 is 5.97 Å². The average molecular weight is 1000 g/mol. The fourth-order valence-electron chi connectivity index (χ4n) is 8.48. The molecule has 0 radical (unpaired) electrons. The van der Waals surface area contributed by atoms with Crippen molar-refractivity contribution < 1.29 is 49.3 Å². The van der Waals surface area contributed by atoms with Crippen LogP contribution in [0.15, 0.2) is 72.9 Å². The van der Waals surface area contributed by atoms with Gasteiger partial charge in [-0.3, -0.25) is 9.59 Å². The lowest BCUT2D eigenvalue weighted by atomic mass is 9.99. The van der Waals surface area contributed by atoms with E-state index in [0.29, 0.717) is 19.4 Å². The van der Waals surface area contributed by atoms with Crippen LogP contribution in [0, 0.1) is 0 Å². The van der Waals surface area contributed by atoms with Gasteiger partial charge in [0.05, 0.1) is 32.0 Å². The fraction of sp³-hybridized carbons (Fsp3) is 0.767. The summed E-state index contributed by atoms with van der Waals surface area (Å²) in [5.41, 5.74) is 0. The first-order valence-electron chi connectivity index (χ1n) is 28.7. The van der Waals surface area contributed by atoms with Gasteiger partial charge in [0.1, 0.15) is 24.4 Å². The Morgan fingerprint density at radius 2 is 1.00 bits per heavy atom. The zero-order valence-corrected chi connectivity index (χ0v) is 44.9. The van der Waals surface area contributed by atoms with Gasteiger partial charge in [0.2, 0.25) is 5.91 Å². The molecule has 0 aromatic carbocycles. The molecule has 1 aliphatic heterocycles. The Labute approximate surface area is 432 Å². The Morgan fingerprint density at radius 1 is 0.535 bits per heavy atom. The van der Waals surface area contributed by atoms with Crippen LogP contribution in [0.25, 0.3) is 0 Å². The Hall–Kier alpha value is -2.90. The zero-order chi connectivity index (χ0) is 51.7. The number of esters is 1. The van der Waals surface area contributed by atoms with Crippen molar-refractivity contribution in [1.82, 2.24) is 5.32 Å². The lowest BCUT2D eigenvalue weighted by molar-refractivity contribution is -0.302. The SMILES string of the molecule is CC/C=C/CC/C=C/CC/C=C/C(O)C(COC1OC(CO)C(O)C(O)C1O)NC(=O)CCCCCCCCCCCCCCCC/C=C\C/C=C\CCOC(=O)CCCCCCC/C=C\CCCCC. The molecule has 1 aliphatic rings. The Balaban J connectivity index is 2.08. The molecule has 1 rings (SSSR count). The minimum atomic E-state index is -1.58. The third-order valence-corrected chi connectivity index (χ3v) is 13.0. The molecule has 0 spiro atoms. The first-order valence-corrected chi connectivity index (χ1v) is 28.7. The number of ether oxygens (including phenoxy) is 3. The monoisotopic (exact) mass is 1000 g/mol. The van der Waals surface area contributed by atoms with Crippen molar-refractivity contribution in [2.75, 3.05) is 19.8 Å². The van der Waals surface area contributed by atoms with Gasteiger partial charge in [-0.1, -0.05) is 196 Å². The summed E-state index contributed by atoms with van der Waals surface area (Å²) in [7, 11) is 0. The normalized spacial score (nSPS) is 19.7. The summed E-state index contributed by atoms with van der Waals surface area (Å²) in [5, 5.41) is 54.2. The van der Waals surface area contributed by atoms with Gasteiger partial charge in [0.25, 0.3) is 0 Å². The first-order chi connectivity index (χ1) is 34.7. The van der Waals surface area contributed by atoms with Crippen LogP contribution < -0.4 is 5.32 Å². The number of carbonyl (C=O) groups is 2. The molecule has 6 N–H and O–H groups in total. The quantitative estimate of drug-likeness (QED) is 0.0196. The maximum Gasteiger partial charge on any atom is 0.305 e. The molecule has 11 heteroatoms. The standard InChI is InChI=1S/C60H105NO10/c1-3-5-7-9-11-13-15-28-32-36-40-44-48-56(65)69-49-45-41-37-33-29-26-24-22-20-18-16-17-19-21-23-25-27-31-35-39-43-47-55(64)61-52(51-70-60-59(68)58(67)57(66)54(50-62)71-60)53(63)46-42-38-34-30-14-12-10-8-6-4-2/h6,8,11,13-14,26,29-30,37,41-42,46,52-54,57-60,62-63,66-68H,3-5,7,9-10,12,15-25,27-28,31-36,38-40,43-45,47-51H2,1-2H3,(H,61,64)/b8-6+,13-11-,29-26-,30-14+,41-37-,46-42+. The number of carbonyl (C=O) groups excluding carboxylic acids is 2. The van der Waals surface area contributed by atoms with Crippen LogP contribution in [-0.2, 0) is 23.8 Å². The second kappa shape index (κ2) is 49.3. The predicted octanol–water partition coefficient (Wildman–Crippen LogP) is 12.8. The van der Waals surface area contributed by atoms with E-state index >= 15 is 0 Å². The van der Waals surface area contributed by atoms with E-state index in [-0.39, 0.29) is 18.5 Å². The highest BCUT2D eigenvalue weighted by atomic mass is 16.7. The van der Waals surface area contributed by atoms with Crippen molar-refractivity contribution in [2.45, 2.75) is 275 Å². The average Bonchev–Trinajstić information content (AvgIpc) is 3.37. The van der Waals surface area contributed by atoms with Crippen LogP contribution in [0.1, 0.15) is 232 Å². The molecule has 1 heterocycles. The lowest BCUT2D eigenvalue weighted by Crippen LogP contribution is -2.60. The van der Waals surface area contributed by atoms with Crippen molar-refractivity contribution in [3.63, 3.8) is 0 Å². The molecular weight excluding hydrogens is 895 g/mol. The molecule has 0 bridgehead atoms. The summed E-state index contributed by atoms with van der Waals surface area (Å²) in [6.45, 7) is 4.04. The molecule has 0 saturated carbocycles. The molecule has 11 nitrogen and oxygen atoms in total. The summed E-state index contributed by atoms with van der Waals surface area (Å²) in [4.78, 5) is 25.0. The van der Waals surface area contributed by atoms with E-state index in [1.165, 1.54) is 116 Å². The number of aliphatic hydroxyl groups is 5. The molecule has 1 saturated heterocycles. The van der Waals surface area contributed by atoms with Crippen LogP contribution in [0.4, 0.5) is 0 Å². The van der Waals surface area contributed by atoms with E-state index in [4.69, 9.17) is 14.2 Å². The van der Waals surface area contributed by atoms with Crippen LogP contribution in [0.5, 0.6) is 0 Å².